The molecule has 0 heterocycles. The molecule has 0 aliphatic rings. The summed E-state index contributed by atoms with van der Waals surface area (Å²) in [6.07, 6.45) is -0.750. The third kappa shape index (κ3) is 3.48. The predicted molar refractivity (Wildman–Crippen MR) is 60.8 cm³/mol. The van der Waals surface area contributed by atoms with Crippen molar-refractivity contribution in [3.8, 4) is 5.75 Å². The average molecular weight is 291 g/mol. The second kappa shape index (κ2) is 5.84. The molecule has 0 saturated heterocycles. The molecule has 0 saturated carbocycles. The van der Waals surface area contributed by atoms with Gasteiger partial charge in [0.05, 0.1) is 11.1 Å². The largest absolute Gasteiger partial charge is 0.479 e. The van der Waals surface area contributed by atoms with Crippen LogP contribution in [0.1, 0.15) is 13.8 Å². The van der Waals surface area contributed by atoms with Crippen LogP contribution in [0.5, 0.6) is 5.75 Å². The first-order valence-corrected chi connectivity index (χ1v) is 5.62. The van der Waals surface area contributed by atoms with Crippen LogP contribution in [0.3, 0.4) is 0 Å². The summed E-state index contributed by atoms with van der Waals surface area (Å²) in [6, 6.07) is 4.30. The number of rotatable bonds is 4. The van der Waals surface area contributed by atoms with Crippen LogP contribution in [0, 0.1) is 5.82 Å². The summed E-state index contributed by atoms with van der Waals surface area (Å²) in [5.74, 6) is -0.611. The van der Waals surface area contributed by atoms with E-state index in [0.717, 1.165) is 0 Å². The van der Waals surface area contributed by atoms with Crippen LogP contribution in [-0.2, 0) is 9.53 Å². The lowest BCUT2D eigenvalue weighted by atomic mass is 10.3. The SMILES string of the molecule is CCOC(=O)[C@H](C)Oc1ccc(Br)c(F)c1. The summed E-state index contributed by atoms with van der Waals surface area (Å²) in [4.78, 5) is 11.2. The molecule has 16 heavy (non-hydrogen) atoms. The fourth-order valence-electron chi connectivity index (χ4n) is 1.06. The molecule has 88 valence electrons. The fourth-order valence-corrected chi connectivity index (χ4v) is 1.31. The van der Waals surface area contributed by atoms with Gasteiger partial charge in [0, 0.05) is 6.07 Å². The first-order chi connectivity index (χ1) is 7.54. The summed E-state index contributed by atoms with van der Waals surface area (Å²) in [5.41, 5.74) is 0. The number of carbonyl (C=O) groups is 1. The molecule has 0 unspecified atom stereocenters. The Balaban J connectivity index is 2.66. The zero-order chi connectivity index (χ0) is 12.1. The van der Waals surface area contributed by atoms with Crippen molar-refractivity contribution < 1.29 is 18.7 Å². The summed E-state index contributed by atoms with van der Waals surface area (Å²) in [6.45, 7) is 3.56. The quantitative estimate of drug-likeness (QED) is 0.800. The highest BCUT2D eigenvalue weighted by molar-refractivity contribution is 9.10. The van der Waals surface area contributed by atoms with E-state index in [1.54, 1.807) is 19.9 Å². The number of ether oxygens (including phenoxy) is 2. The molecule has 0 aliphatic heterocycles. The van der Waals surface area contributed by atoms with E-state index in [9.17, 15) is 9.18 Å². The Bertz CT molecular complexity index is 381. The lowest BCUT2D eigenvalue weighted by molar-refractivity contribution is -0.150. The molecular weight excluding hydrogens is 279 g/mol. The third-order valence-electron chi connectivity index (χ3n) is 1.82. The Labute approximate surface area is 102 Å². The van der Waals surface area contributed by atoms with Crippen molar-refractivity contribution in [1.29, 1.82) is 0 Å². The van der Waals surface area contributed by atoms with Crippen molar-refractivity contribution >= 4 is 21.9 Å². The van der Waals surface area contributed by atoms with Gasteiger partial charge in [-0.05, 0) is 41.9 Å². The summed E-state index contributed by atoms with van der Waals surface area (Å²) in [5, 5.41) is 0. The van der Waals surface area contributed by atoms with Gasteiger partial charge in [0.1, 0.15) is 11.6 Å². The molecule has 1 aromatic carbocycles. The highest BCUT2D eigenvalue weighted by Crippen LogP contribution is 2.21. The number of hydrogen-bond acceptors (Lipinski definition) is 3. The maximum atomic E-state index is 13.1. The minimum atomic E-state index is -0.750. The zero-order valence-electron chi connectivity index (χ0n) is 9.00. The number of hydrogen-bond donors (Lipinski definition) is 0. The maximum Gasteiger partial charge on any atom is 0.347 e. The van der Waals surface area contributed by atoms with Gasteiger partial charge >= 0.3 is 5.97 Å². The molecule has 0 N–H and O–H groups in total. The van der Waals surface area contributed by atoms with Crippen LogP contribution >= 0.6 is 15.9 Å². The van der Waals surface area contributed by atoms with Crippen molar-refractivity contribution in [2.24, 2.45) is 0 Å². The first kappa shape index (κ1) is 13.0. The molecule has 0 bridgehead atoms. The monoisotopic (exact) mass is 290 g/mol. The number of halogens is 2. The number of benzene rings is 1. The second-order valence-corrected chi connectivity index (χ2v) is 3.94. The highest BCUT2D eigenvalue weighted by atomic mass is 79.9. The number of carbonyl (C=O) groups excluding carboxylic acids is 1. The highest BCUT2D eigenvalue weighted by Gasteiger charge is 2.16. The molecule has 0 amide bonds. The molecule has 5 heteroatoms. The Hall–Kier alpha value is -1.10. The van der Waals surface area contributed by atoms with Gasteiger partial charge in [-0.15, -0.1) is 0 Å². The smallest absolute Gasteiger partial charge is 0.347 e. The Morgan fingerprint density at radius 1 is 1.56 bits per heavy atom. The van der Waals surface area contributed by atoms with Crippen LogP contribution in [0.2, 0.25) is 0 Å². The molecule has 1 rings (SSSR count). The molecular formula is C11H12BrFO3. The van der Waals surface area contributed by atoms with E-state index in [-0.39, 0.29) is 0 Å². The van der Waals surface area contributed by atoms with Gasteiger partial charge in [-0.3, -0.25) is 0 Å². The molecule has 1 atom stereocenters. The Morgan fingerprint density at radius 2 is 2.25 bits per heavy atom. The standard InChI is InChI=1S/C11H12BrFO3/c1-3-15-11(14)7(2)16-8-4-5-9(12)10(13)6-8/h4-7H,3H2,1-2H3/t7-/m0/s1. The number of esters is 1. The molecule has 0 aromatic heterocycles. The van der Waals surface area contributed by atoms with Crippen molar-refractivity contribution in [3.63, 3.8) is 0 Å². The molecule has 0 fully saturated rings. The van der Waals surface area contributed by atoms with Gasteiger partial charge in [-0.2, -0.15) is 0 Å². The fraction of sp³-hybridized carbons (Fsp3) is 0.364. The van der Waals surface area contributed by atoms with Crippen LogP contribution in [-0.4, -0.2) is 18.7 Å². The normalized spacial score (nSPS) is 12.0. The lowest BCUT2D eigenvalue weighted by Crippen LogP contribution is -2.26. The molecule has 0 aliphatic carbocycles. The van der Waals surface area contributed by atoms with E-state index in [4.69, 9.17) is 9.47 Å². The van der Waals surface area contributed by atoms with Crippen LogP contribution in [0.4, 0.5) is 4.39 Å². The van der Waals surface area contributed by atoms with E-state index in [1.807, 2.05) is 0 Å². The van der Waals surface area contributed by atoms with E-state index in [1.165, 1.54) is 12.1 Å². The predicted octanol–water partition coefficient (Wildman–Crippen LogP) is 2.92. The summed E-state index contributed by atoms with van der Waals surface area (Å²) >= 11 is 3.03. The van der Waals surface area contributed by atoms with Crippen LogP contribution < -0.4 is 4.74 Å². The molecule has 1 aromatic rings. The summed E-state index contributed by atoms with van der Waals surface area (Å²) in [7, 11) is 0. The van der Waals surface area contributed by atoms with Crippen molar-refractivity contribution in [1.82, 2.24) is 0 Å². The topological polar surface area (TPSA) is 35.5 Å². The maximum absolute atomic E-state index is 13.1. The Morgan fingerprint density at radius 3 is 2.81 bits per heavy atom. The van der Waals surface area contributed by atoms with E-state index in [2.05, 4.69) is 15.9 Å². The van der Waals surface area contributed by atoms with Gasteiger partial charge in [-0.25, -0.2) is 9.18 Å². The summed E-state index contributed by atoms with van der Waals surface area (Å²) < 4.78 is 23.5. The van der Waals surface area contributed by atoms with Gasteiger partial charge in [0.15, 0.2) is 6.10 Å². The third-order valence-corrected chi connectivity index (χ3v) is 2.47. The van der Waals surface area contributed by atoms with Crippen molar-refractivity contribution in [2.75, 3.05) is 6.61 Å². The zero-order valence-corrected chi connectivity index (χ0v) is 10.6. The van der Waals surface area contributed by atoms with E-state index in [0.29, 0.717) is 16.8 Å². The van der Waals surface area contributed by atoms with Gasteiger partial charge in [0.2, 0.25) is 0 Å². The van der Waals surface area contributed by atoms with Gasteiger partial charge in [-0.1, -0.05) is 0 Å². The second-order valence-electron chi connectivity index (χ2n) is 3.09. The van der Waals surface area contributed by atoms with E-state index >= 15 is 0 Å². The Kier molecular flexibility index (Phi) is 4.73. The molecule has 3 nitrogen and oxygen atoms in total. The van der Waals surface area contributed by atoms with E-state index < -0.39 is 17.9 Å². The average Bonchev–Trinajstić information content (AvgIpc) is 2.24. The van der Waals surface area contributed by atoms with Crippen LogP contribution in [0.25, 0.3) is 0 Å². The van der Waals surface area contributed by atoms with Gasteiger partial charge in [0.25, 0.3) is 0 Å². The minimum Gasteiger partial charge on any atom is -0.479 e. The lowest BCUT2D eigenvalue weighted by Gasteiger charge is -2.13. The van der Waals surface area contributed by atoms with Gasteiger partial charge < -0.3 is 9.47 Å². The van der Waals surface area contributed by atoms with Crippen LogP contribution in [0.15, 0.2) is 22.7 Å². The first-order valence-electron chi connectivity index (χ1n) is 4.83. The molecule has 0 spiro atoms. The minimum absolute atomic E-state index is 0.293. The van der Waals surface area contributed by atoms with Crippen molar-refractivity contribution in [2.45, 2.75) is 20.0 Å². The molecule has 0 radical (unpaired) electrons. The van der Waals surface area contributed by atoms with Crippen molar-refractivity contribution in [3.05, 3.63) is 28.5 Å².